The Balaban J connectivity index is 1.38. The topological polar surface area (TPSA) is 65.9 Å². The van der Waals surface area contributed by atoms with E-state index in [0.29, 0.717) is 37.7 Å². The summed E-state index contributed by atoms with van der Waals surface area (Å²) in [4.78, 5) is 22.2. The minimum Gasteiger partial charge on any atom is -0.385 e. The molecule has 2 aromatic carbocycles. The van der Waals surface area contributed by atoms with Crippen molar-refractivity contribution in [3.63, 3.8) is 0 Å². The van der Waals surface area contributed by atoms with Gasteiger partial charge in [-0.1, -0.05) is 42.5 Å². The molecule has 0 atom stereocenters. The number of morpholine rings is 1. The number of pyridine rings is 1. The van der Waals surface area contributed by atoms with Crippen molar-refractivity contribution in [3.05, 3.63) is 83.4 Å². The lowest BCUT2D eigenvalue weighted by Gasteiger charge is -2.39. The Morgan fingerprint density at radius 1 is 0.919 bits per heavy atom. The van der Waals surface area contributed by atoms with Crippen molar-refractivity contribution in [2.24, 2.45) is 0 Å². The highest BCUT2D eigenvalue weighted by molar-refractivity contribution is 5.99. The number of piperidine rings is 1. The molecule has 1 N–H and O–H groups in total. The molecule has 0 spiro atoms. The van der Waals surface area contributed by atoms with Crippen LogP contribution in [0.15, 0.2) is 66.7 Å². The van der Waals surface area contributed by atoms with Gasteiger partial charge < -0.3 is 19.6 Å². The van der Waals surface area contributed by atoms with Gasteiger partial charge in [0.2, 0.25) is 0 Å². The number of anilines is 1. The van der Waals surface area contributed by atoms with Gasteiger partial charge in [-0.2, -0.15) is 13.2 Å². The largest absolute Gasteiger partial charge is 0.416 e. The molecule has 2 saturated heterocycles. The molecule has 2 aliphatic heterocycles. The summed E-state index contributed by atoms with van der Waals surface area (Å²) in [5, 5.41) is 11.2. The maximum atomic E-state index is 13.6. The Bertz CT molecular complexity index is 1250. The van der Waals surface area contributed by atoms with Crippen molar-refractivity contribution in [1.29, 1.82) is 0 Å². The van der Waals surface area contributed by atoms with E-state index in [1.807, 2.05) is 41.3 Å². The molecule has 0 aliphatic carbocycles. The highest BCUT2D eigenvalue weighted by atomic mass is 19.4. The summed E-state index contributed by atoms with van der Waals surface area (Å²) in [5.41, 5.74) is 0.164. The molecule has 3 heterocycles. The summed E-state index contributed by atoms with van der Waals surface area (Å²) in [5.74, 6) is 0.382. The van der Waals surface area contributed by atoms with Crippen molar-refractivity contribution in [1.82, 2.24) is 9.88 Å². The third-order valence-corrected chi connectivity index (χ3v) is 7.09. The van der Waals surface area contributed by atoms with E-state index in [0.717, 1.165) is 23.4 Å². The van der Waals surface area contributed by atoms with E-state index in [-0.39, 0.29) is 37.4 Å². The summed E-state index contributed by atoms with van der Waals surface area (Å²) in [7, 11) is 0. The van der Waals surface area contributed by atoms with Crippen LogP contribution in [0.25, 0.3) is 11.3 Å². The molecule has 2 aliphatic rings. The first kappa shape index (κ1) is 25.2. The minimum absolute atomic E-state index is 0.141. The fraction of sp³-hybridized carbons (Fsp3) is 0.357. The van der Waals surface area contributed by atoms with E-state index in [1.54, 1.807) is 11.0 Å². The minimum atomic E-state index is -4.49. The van der Waals surface area contributed by atoms with Crippen LogP contribution in [-0.4, -0.2) is 60.3 Å². The number of halogens is 3. The van der Waals surface area contributed by atoms with Crippen LogP contribution in [0.5, 0.6) is 0 Å². The van der Waals surface area contributed by atoms with E-state index >= 15 is 0 Å². The highest BCUT2D eigenvalue weighted by Gasteiger charge is 2.38. The second-order valence-corrected chi connectivity index (χ2v) is 9.44. The molecule has 5 rings (SSSR count). The van der Waals surface area contributed by atoms with Crippen molar-refractivity contribution < 1.29 is 27.8 Å². The summed E-state index contributed by atoms with van der Waals surface area (Å²) in [6.45, 7) is 2.74. The zero-order valence-electron chi connectivity index (χ0n) is 20.2. The summed E-state index contributed by atoms with van der Waals surface area (Å²) >= 11 is 0. The van der Waals surface area contributed by atoms with Gasteiger partial charge in [-0.05, 0) is 42.7 Å². The van der Waals surface area contributed by atoms with Crippen molar-refractivity contribution in [2.45, 2.75) is 24.6 Å². The summed E-state index contributed by atoms with van der Waals surface area (Å²) in [6, 6.07) is 18.2. The molecule has 1 aromatic heterocycles. The Kier molecular flexibility index (Phi) is 6.92. The second-order valence-electron chi connectivity index (χ2n) is 9.44. The molecule has 0 bridgehead atoms. The monoisotopic (exact) mass is 511 g/mol. The summed E-state index contributed by atoms with van der Waals surface area (Å²) < 4.78 is 45.1. The lowest BCUT2D eigenvalue weighted by molar-refractivity contribution is -0.137. The van der Waals surface area contributed by atoms with Crippen molar-refractivity contribution in [3.8, 4) is 11.3 Å². The Morgan fingerprint density at radius 3 is 2.30 bits per heavy atom. The number of ether oxygens (including phenoxy) is 1. The number of carbonyl (C=O) groups excluding carboxylic acids is 1. The van der Waals surface area contributed by atoms with Crippen molar-refractivity contribution in [2.75, 3.05) is 44.3 Å². The molecular weight excluding hydrogens is 483 g/mol. The highest BCUT2D eigenvalue weighted by Crippen LogP contribution is 2.37. The quantitative estimate of drug-likeness (QED) is 0.549. The van der Waals surface area contributed by atoms with E-state index in [2.05, 4.69) is 0 Å². The summed E-state index contributed by atoms with van der Waals surface area (Å²) in [6.07, 6.45) is -4.21. The molecule has 194 valence electrons. The number of nitrogens with zero attached hydrogens (tertiary/aromatic N) is 3. The Hall–Kier alpha value is -3.43. The number of hydrogen-bond donors (Lipinski definition) is 1. The molecule has 9 heteroatoms. The van der Waals surface area contributed by atoms with E-state index in [1.165, 1.54) is 12.1 Å². The normalized spacial score (nSPS) is 18.1. The maximum Gasteiger partial charge on any atom is 0.416 e. The number of rotatable bonds is 4. The molecule has 1 amide bonds. The van der Waals surface area contributed by atoms with Crippen LogP contribution in [0.3, 0.4) is 0 Å². The third kappa shape index (κ3) is 5.33. The lowest BCUT2D eigenvalue weighted by Crippen LogP contribution is -2.46. The smallest absolute Gasteiger partial charge is 0.385 e. The van der Waals surface area contributed by atoms with Crippen LogP contribution in [0.1, 0.15) is 34.3 Å². The maximum absolute atomic E-state index is 13.6. The van der Waals surface area contributed by atoms with Crippen LogP contribution in [0.2, 0.25) is 0 Å². The van der Waals surface area contributed by atoms with Gasteiger partial charge in [0, 0.05) is 31.7 Å². The average molecular weight is 512 g/mol. The third-order valence-electron chi connectivity index (χ3n) is 7.09. The standard InChI is InChI=1S/C28H28F3N3O3/c29-28(30,31)22-8-4-7-21(19-22)27(36)11-13-34(14-12-27)26(35)23-9-10-24(20-5-2-1-3-6-20)32-25(23)33-15-17-37-18-16-33/h1-10,19,36H,11-18H2. The second kappa shape index (κ2) is 10.1. The van der Waals surface area contributed by atoms with E-state index in [9.17, 15) is 23.1 Å². The van der Waals surface area contributed by atoms with Gasteiger partial charge in [-0.15, -0.1) is 0 Å². The lowest BCUT2D eigenvalue weighted by atomic mass is 9.83. The zero-order chi connectivity index (χ0) is 26.0. The van der Waals surface area contributed by atoms with Crippen LogP contribution in [-0.2, 0) is 16.5 Å². The van der Waals surface area contributed by atoms with Crippen LogP contribution >= 0.6 is 0 Å². The number of amides is 1. The number of alkyl halides is 3. The number of carbonyl (C=O) groups is 1. The average Bonchev–Trinajstić information content (AvgIpc) is 2.93. The predicted molar refractivity (Wildman–Crippen MR) is 133 cm³/mol. The fourth-order valence-electron chi connectivity index (χ4n) is 4.92. The van der Waals surface area contributed by atoms with Gasteiger partial charge >= 0.3 is 6.18 Å². The van der Waals surface area contributed by atoms with Gasteiger partial charge in [0.25, 0.3) is 5.91 Å². The zero-order valence-corrected chi connectivity index (χ0v) is 20.2. The van der Waals surface area contributed by atoms with Crippen molar-refractivity contribution >= 4 is 11.7 Å². The molecule has 0 saturated carbocycles. The molecular formula is C28H28F3N3O3. The number of likely N-dealkylation sites (tertiary alicyclic amines) is 1. The first-order valence-electron chi connectivity index (χ1n) is 12.3. The Labute approximate surface area is 213 Å². The number of hydrogen-bond acceptors (Lipinski definition) is 5. The molecule has 6 nitrogen and oxygen atoms in total. The molecule has 0 radical (unpaired) electrons. The van der Waals surface area contributed by atoms with E-state index in [4.69, 9.17) is 9.72 Å². The van der Waals surface area contributed by atoms with Crippen LogP contribution in [0, 0.1) is 0 Å². The fourth-order valence-corrected chi connectivity index (χ4v) is 4.92. The van der Waals surface area contributed by atoms with Gasteiger partial charge in [-0.25, -0.2) is 4.98 Å². The molecule has 0 unspecified atom stereocenters. The molecule has 3 aromatic rings. The SMILES string of the molecule is O=C(c1ccc(-c2ccccc2)nc1N1CCOCC1)N1CCC(O)(c2cccc(C(F)(F)F)c2)CC1. The molecule has 37 heavy (non-hydrogen) atoms. The van der Waals surface area contributed by atoms with Gasteiger partial charge in [0.15, 0.2) is 0 Å². The number of aromatic nitrogens is 1. The molecule has 2 fully saturated rings. The van der Waals surface area contributed by atoms with Gasteiger partial charge in [-0.3, -0.25) is 4.79 Å². The van der Waals surface area contributed by atoms with Gasteiger partial charge in [0.05, 0.1) is 35.6 Å². The van der Waals surface area contributed by atoms with Crippen LogP contribution in [0.4, 0.5) is 19.0 Å². The first-order chi connectivity index (χ1) is 17.7. The number of benzene rings is 2. The first-order valence-corrected chi connectivity index (χ1v) is 12.3. The van der Waals surface area contributed by atoms with Gasteiger partial charge in [0.1, 0.15) is 5.82 Å². The number of aliphatic hydroxyl groups is 1. The van der Waals surface area contributed by atoms with E-state index < -0.39 is 17.3 Å². The van der Waals surface area contributed by atoms with Crippen LogP contribution < -0.4 is 4.90 Å². The Morgan fingerprint density at radius 2 is 1.62 bits per heavy atom. The predicted octanol–water partition coefficient (Wildman–Crippen LogP) is 4.73.